The summed E-state index contributed by atoms with van der Waals surface area (Å²) in [5.41, 5.74) is 5.27. The molecule has 0 aromatic heterocycles. The highest BCUT2D eigenvalue weighted by Gasteiger charge is 2.41. The highest BCUT2D eigenvalue weighted by atomic mass is 32.1. The van der Waals surface area contributed by atoms with Crippen molar-refractivity contribution in [3.05, 3.63) is 0 Å². The molecule has 1 fully saturated rings. The first-order chi connectivity index (χ1) is 7.99. The second kappa shape index (κ2) is 6.34. The van der Waals surface area contributed by atoms with Crippen molar-refractivity contribution in [3.8, 4) is 0 Å². The van der Waals surface area contributed by atoms with E-state index in [9.17, 15) is 4.79 Å². The molecule has 98 valence electrons. The zero-order valence-corrected chi connectivity index (χ0v) is 11.7. The van der Waals surface area contributed by atoms with Crippen LogP contribution in [-0.4, -0.2) is 17.4 Å². The summed E-state index contributed by atoms with van der Waals surface area (Å²) in [6.07, 6.45) is 6.08. The van der Waals surface area contributed by atoms with Gasteiger partial charge in [-0.05, 0) is 18.8 Å². The van der Waals surface area contributed by atoms with E-state index in [0.717, 1.165) is 25.7 Å². The number of rotatable bonds is 4. The number of hydrogen-bond donors (Lipinski definition) is 2. The van der Waals surface area contributed by atoms with Crippen molar-refractivity contribution in [2.24, 2.45) is 17.1 Å². The van der Waals surface area contributed by atoms with Crippen LogP contribution < -0.4 is 11.1 Å². The summed E-state index contributed by atoms with van der Waals surface area (Å²) >= 11 is 5.16. The van der Waals surface area contributed by atoms with E-state index in [2.05, 4.69) is 19.2 Å². The van der Waals surface area contributed by atoms with E-state index in [-0.39, 0.29) is 5.91 Å². The molecule has 1 rings (SSSR count). The van der Waals surface area contributed by atoms with Crippen molar-refractivity contribution in [2.75, 3.05) is 6.54 Å². The van der Waals surface area contributed by atoms with Crippen LogP contribution in [0.25, 0.3) is 0 Å². The lowest BCUT2D eigenvalue weighted by Gasteiger charge is -2.30. The normalized spacial score (nSPS) is 19.7. The van der Waals surface area contributed by atoms with Gasteiger partial charge in [-0.3, -0.25) is 4.79 Å². The van der Waals surface area contributed by atoms with Gasteiger partial charge in [0.2, 0.25) is 5.91 Å². The van der Waals surface area contributed by atoms with E-state index in [0.29, 0.717) is 17.5 Å². The molecule has 0 unspecified atom stereocenters. The summed E-state index contributed by atoms with van der Waals surface area (Å²) in [4.78, 5) is 12.7. The molecule has 1 aliphatic rings. The van der Waals surface area contributed by atoms with Gasteiger partial charge in [0.15, 0.2) is 0 Å². The molecule has 0 aliphatic heterocycles. The zero-order valence-electron chi connectivity index (χ0n) is 10.9. The van der Waals surface area contributed by atoms with Crippen molar-refractivity contribution in [2.45, 2.75) is 52.4 Å². The van der Waals surface area contributed by atoms with Gasteiger partial charge >= 0.3 is 0 Å². The number of thiocarbonyl (C=S) groups is 1. The third kappa shape index (κ3) is 3.66. The van der Waals surface area contributed by atoms with Gasteiger partial charge in [-0.15, -0.1) is 0 Å². The second-order valence-electron chi connectivity index (χ2n) is 5.46. The predicted molar refractivity (Wildman–Crippen MR) is 74.8 cm³/mol. The highest BCUT2D eigenvalue weighted by molar-refractivity contribution is 7.80. The van der Waals surface area contributed by atoms with Crippen LogP contribution in [0, 0.1) is 11.3 Å². The fraction of sp³-hybridized carbons (Fsp3) is 0.846. The van der Waals surface area contributed by atoms with Crippen LogP contribution in [0.15, 0.2) is 0 Å². The summed E-state index contributed by atoms with van der Waals surface area (Å²) in [6.45, 7) is 4.87. The fourth-order valence-electron chi connectivity index (χ4n) is 2.38. The maximum atomic E-state index is 12.3. The number of hydrogen-bond acceptors (Lipinski definition) is 2. The van der Waals surface area contributed by atoms with E-state index >= 15 is 0 Å². The lowest BCUT2D eigenvalue weighted by molar-refractivity contribution is -0.128. The molecule has 3 nitrogen and oxygen atoms in total. The lowest BCUT2D eigenvalue weighted by atomic mass is 9.79. The first-order valence-corrected chi connectivity index (χ1v) is 6.98. The van der Waals surface area contributed by atoms with E-state index in [1.807, 2.05) is 0 Å². The Morgan fingerprint density at radius 2 is 1.82 bits per heavy atom. The minimum absolute atomic E-state index is 0.0422. The van der Waals surface area contributed by atoms with Gasteiger partial charge in [0.25, 0.3) is 0 Å². The molecule has 0 aromatic carbocycles. The third-order valence-electron chi connectivity index (χ3n) is 3.53. The molecule has 0 heterocycles. The zero-order chi connectivity index (χ0) is 12.9. The van der Waals surface area contributed by atoms with E-state index in [1.54, 1.807) is 0 Å². The molecule has 0 radical (unpaired) electrons. The monoisotopic (exact) mass is 256 g/mol. The van der Waals surface area contributed by atoms with Crippen LogP contribution in [0.4, 0.5) is 0 Å². The van der Waals surface area contributed by atoms with Gasteiger partial charge in [-0.2, -0.15) is 0 Å². The van der Waals surface area contributed by atoms with Crippen molar-refractivity contribution >= 4 is 23.1 Å². The van der Waals surface area contributed by atoms with E-state index in [1.165, 1.54) is 12.8 Å². The molecule has 3 N–H and O–H groups in total. The maximum Gasteiger partial charge on any atom is 0.233 e. The largest absolute Gasteiger partial charge is 0.392 e. The Bertz CT molecular complexity index is 281. The summed E-state index contributed by atoms with van der Waals surface area (Å²) in [7, 11) is 0. The summed E-state index contributed by atoms with van der Waals surface area (Å²) in [5, 5.41) is 3.00. The smallest absolute Gasteiger partial charge is 0.233 e. The van der Waals surface area contributed by atoms with Gasteiger partial charge in [-0.25, -0.2) is 0 Å². The van der Waals surface area contributed by atoms with Crippen LogP contribution in [-0.2, 0) is 4.79 Å². The minimum atomic E-state index is -0.583. The summed E-state index contributed by atoms with van der Waals surface area (Å²) in [6, 6.07) is 0. The van der Waals surface area contributed by atoms with Crippen LogP contribution in [0.1, 0.15) is 52.4 Å². The third-order valence-corrected chi connectivity index (χ3v) is 3.93. The number of carbonyl (C=O) groups excluding carboxylic acids is 1. The summed E-state index contributed by atoms with van der Waals surface area (Å²) < 4.78 is 0. The maximum absolute atomic E-state index is 12.3. The molecule has 4 heteroatoms. The highest BCUT2D eigenvalue weighted by Crippen LogP contribution is 2.35. The number of amides is 1. The Hall–Kier alpha value is -0.640. The number of nitrogens with two attached hydrogens (primary N) is 1. The number of nitrogens with one attached hydrogen (secondary N) is 1. The van der Waals surface area contributed by atoms with Crippen molar-refractivity contribution in [3.63, 3.8) is 0 Å². The van der Waals surface area contributed by atoms with Gasteiger partial charge in [0.05, 0.1) is 10.4 Å². The second-order valence-corrected chi connectivity index (χ2v) is 5.90. The SMILES string of the molecule is CC(C)CNC(=O)C1(C(N)=S)CCCCCC1. The molecule has 0 saturated heterocycles. The standard InChI is InChI=1S/C13H24N2OS/c1-10(2)9-15-12(16)13(11(14)17)7-5-3-4-6-8-13/h10H,3-9H2,1-2H3,(H2,14,17)(H,15,16). The number of carbonyl (C=O) groups is 1. The summed E-state index contributed by atoms with van der Waals surface area (Å²) in [5.74, 6) is 0.494. The van der Waals surface area contributed by atoms with Crippen LogP contribution >= 0.6 is 12.2 Å². The molecule has 1 aliphatic carbocycles. The Balaban J connectivity index is 2.75. The Labute approximate surface area is 110 Å². The first kappa shape index (κ1) is 14.4. The molecule has 0 atom stereocenters. The average molecular weight is 256 g/mol. The molecule has 1 amide bonds. The van der Waals surface area contributed by atoms with Crippen molar-refractivity contribution < 1.29 is 4.79 Å². The fourth-order valence-corrected chi connectivity index (χ4v) is 2.68. The first-order valence-electron chi connectivity index (χ1n) is 6.57. The van der Waals surface area contributed by atoms with Crippen molar-refractivity contribution in [1.82, 2.24) is 5.32 Å². The van der Waals surface area contributed by atoms with Gasteiger partial charge in [-0.1, -0.05) is 51.7 Å². The van der Waals surface area contributed by atoms with Gasteiger partial charge < -0.3 is 11.1 Å². The predicted octanol–water partition coefficient (Wildman–Crippen LogP) is 2.39. The Kier molecular flexibility index (Phi) is 5.37. The van der Waals surface area contributed by atoms with Gasteiger partial charge in [0.1, 0.15) is 0 Å². The molecule has 0 bridgehead atoms. The van der Waals surface area contributed by atoms with Gasteiger partial charge in [0, 0.05) is 6.54 Å². The van der Waals surface area contributed by atoms with Crippen LogP contribution in [0.2, 0.25) is 0 Å². The Morgan fingerprint density at radius 1 is 1.29 bits per heavy atom. The van der Waals surface area contributed by atoms with E-state index < -0.39 is 5.41 Å². The molecule has 0 spiro atoms. The van der Waals surface area contributed by atoms with Crippen molar-refractivity contribution in [1.29, 1.82) is 0 Å². The van der Waals surface area contributed by atoms with E-state index in [4.69, 9.17) is 18.0 Å². The molecule has 17 heavy (non-hydrogen) atoms. The Morgan fingerprint density at radius 3 is 2.24 bits per heavy atom. The minimum Gasteiger partial charge on any atom is -0.392 e. The quantitative estimate of drug-likeness (QED) is 0.600. The average Bonchev–Trinajstić information content (AvgIpc) is 2.51. The molecular weight excluding hydrogens is 232 g/mol. The lowest BCUT2D eigenvalue weighted by Crippen LogP contribution is -2.49. The molecule has 0 aromatic rings. The molecular formula is C13H24N2OS. The molecule has 1 saturated carbocycles. The topological polar surface area (TPSA) is 55.1 Å². The van der Waals surface area contributed by atoms with Crippen LogP contribution in [0.3, 0.4) is 0 Å². The van der Waals surface area contributed by atoms with Crippen LogP contribution in [0.5, 0.6) is 0 Å².